The van der Waals surface area contributed by atoms with Crippen LogP contribution in [0.25, 0.3) is 11.4 Å². The molecular weight excluding hydrogens is 402 g/mol. The van der Waals surface area contributed by atoms with Gasteiger partial charge in [-0.2, -0.15) is 0 Å². The summed E-state index contributed by atoms with van der Waals surface area (Å²) in [5.41, 5.74) is 3.40. The van der Waals surface area contributed by atoms with E-state index in [-0.39, 0.29) is 5.56 Å². The number of halogens is 1. The van der Waals surface area contributed by atoms with E-state index in [1.807, 2.05) is 37.3 Å². The molecule has 6 nitrogen and oxygen atoms in total. The molecule has 0 saturated carbocycles. The molecule has 0 fully saturated rings. The molecule has 1 aliphatic heterocycles. The van der Waals surface area contributed by atoms with Gasteiger partial charge in [0.1, 0.15) is 5.82 Å². The summed E-state index contributed by atoms with van der Waals surface area (Å²) in [5.74, 6) is 2.06. The van der Waals surface area contributed by atoms with Crippen molar-refractivity contribution in [3.63, 3.8) is 0 Å². The quantitative estimate of drug-likeness (QED) is 0.645. The van der Waals surface area contributed by atoms with E-state index in [2.05, 4.69) is 9.88 Å². The Labute approximate surface area is 180 Å². The maximum atomic E-state index is 12.6. The highest BCUT2D eigenvalue weighted by Gasteiger charge is 2.23. The molecule has 0 amide bonds. The second kappa shape index (κ2) is 8.90. The van der Waals surface area contributed by atoms with Crippen molar-refractivity contribution in [1.29, 1.82) is 0 Å². The van der Waals surface area contributed by atoms with Crippen molar-refractivity contribution in [2.24, 2.45) is 0 Å². The number of para-hydroxylation sites is 1. The number of rotatable bonds is 6. The zero-order valence-electron chi connectivity index (χ0n) is 17.1. The lowest BCUT2D eigenvalue weighted by Gasteiger charge is -2.28. The van der Waals surface area contributed by atoms with E-state index in [0.29, 0.717) is 37.0 Å². The van der Waals surface area contributed by atoms with Crippen LogP contribution in [0.15, 0.2) is 47.3 Å². The van der Waals surface area contributed by atoms with Crippen molar-refractivity contribution < 1.29 is 9.47 Å². The summed E-state index contributed by atoms with van der Waals surface area (Å²) >= 11 is 5.98. The number of methoxy groups -OCH3 is 1. The predicted octanol–water partition coefficient (Wildman–Crippen LogP) is 4.06. The first kappa shape index (κ1) is 20.4. The number of hydrogen-bond acceptors (Lipinski definition) is 5. The van der Waals surface area contributed by atoms with Crippen LogP contribution in [0.2, 0.25) is 5.02 Å². The van der Waals surface area contributed by atoms with Crippen molar-refractivity contribution in [3.05, 3.63) is 74.7 Å². The maximum Gasteiger partial charge on any atom is 0.254 e. The van der Waals surface area contributed by atoms with Crippen LogP contribution in [0.3, 0.4) is 0 Å². The van der Waals surface area contributed by atoms with Gasteiger partial charge in [0.2, 0.25) is 0 Å². The molecule has 1 aliphatic rings. The van der Waals surface area contributed by atoms with E-state index in [0.717, 1.165) is 40.4 Å². The fourth-order valence-electron chi connectivity index (χ4n) is 3.77. The average molecular weight is 426 g/mol. The molecule has 1 aromatic heterocycles. The summed E-state index contributed by atoms with van der Waals surface area (Å²) in [6.45, 7) is 4.60. The number of hydrogen-bond donors (Lipinski definition) is 1. The van der Waals surface area contributed by atoms with Crippen molar-refractivity contribution in [1.82, 2.24) is 14.9 Å². The first-order chi connectivity index (χ1) is 14.6. The molecule has 7 heteroatoms. The number of nitrogens with zero attached hydrogens (tertiary/aromatic N) is 2. The van der Waals surface area contributed by atoms with E-state index in [4.69, 9.17) is 26.1 Å². The Kier molecular flexibility index (Phi) is 6.06. The highest BCUT2D eigenvalue weighted by atomic mass is 35.5. The van der Waals surface area contributed by atoms with Gasteiger partial charge >= 0.3 is 0 Å². The lowest BCUT2D eigenvalue weighted by Crippen LogP contribution is -2.35. The number of nitrogens with one attached hydrogen (secondary N) is 1. The number of benzene rings is 2. The van der Waals surface area contributed by atoms with Crippen LogP contribution in [0.1, 0.15) is 23.7 Å². The molecule has 2 aromatic carbocycles. The molecule has 0 spiro atoms. The molecule has 2 heterocycles. The molecule has 0 aliphatic carbocycles. The largest absolute Gasteiger partial charge is 0.493 e. The first-order valence-electron chi connectivity index (χ1n) is 9.98. The van der Waals surface area contributed by atoms with Crippen LogP contribution < -0.4 is 15.0 Å². The van der Waals surface area contributed by atoms with Crippen LogP contribution >= 0.6 is 11.6 Å². The Morgan fingerprint density at radius 3 is 2.73 bits per heavy atom. The van der Waals surface area contributed by atoms with Crippen molar-refractivity contribution in [3.8, 4) is 22.9 Å². The molecule has 0 bridgehead atoms. The van der Waals surface area contributed by atoms with Gasteiger partial charge in [-0.25, -0.2) is 4.98 Å². The monoisotopic (exact) mass is 425 g/mol. The Balaban J connectivity index is 1.61. The zero-order valence-corrected chi connectivity index (χ0v) is 17.8. The Morgan fingerprint density at radius 2 is 2.00 bits per heavy atom. The predicted molar refractivity (Wildman–Crippen MR) is 117 cm³/mol. The van der Waals surface area contributed by atoms with E-state index in [9.17, 15) is 4.79 Å². The molecule has 0 radical (unpaired) electrons. The highest BCUT2D eigenvalue weighted by Crippen LogP contribution is 2.32. The minimum absolute atomic E-state index is 0.0685. The van der Waals surface area contributed by atoms with Crippen molar-refractivity contribution in [2.45, 2.75) is 26.4 Å². The number of fused-ring (bicyclic) bond motifs is 1. The Morgan fingerprint density at radius 1 is 1.20 bits per heavy atom. The van der Waals surface area contributed by atoms with Gasteiger partial charge in [0.15, 0.2) is 11.5 Å². The van der Waals surface area contributed by atoms with Crippen LogP contribution in [-0.4, -0.2) is 35.1 Å². The van der Waals surface area contributed by atoms with Gasteiger partial charge in [-0.3, -0.25) is 9.69 Å². The smallest absolute Gasteiger partial charge is 0.254 e. The van der Waals surface area contributed by atoms with Gasteiger partial charge in [-0.05, 0) is 43.7 Å². The average Bonchev–Trinajstić information content (AvgIpc) is 2.75. The van der Waals surface area contributed by atoms with Crippen LogP contribution in [-0.2, 0) is 19.5 Å². The maximum absolute atomic E-state index is 12.6. The third kappa shape index (κ3) is 4.20. The van der Waals surface area contributed by atoms with Crippen molar-refractivity contribution in [2.75, 3.05) is 20.3 Å². The van der Waals surface area contributed by atoms with Gasteiger partial charge in [-0.15, -0.1) is 0 Å². The molecule has 0 unspecified atom stereocenters. The summed E-state index contributed by atoms with van der Waals surface area (Å²) in [6, 6.07) is 13.2. The van der Waals surface area contributed by atoms with Gasteiger partial charge in [0.05, 0.1) is 19.4 Å². The standard InChI is InChI=1S/C23H24ClN3O3/c1-3-30-21-16(5-4-6-20(21)29-2)13-27-12-11-18-19(14-27)25-22(26-23(18)28)15-7-9-17(24)10-8-15/h4-10H,3,11-14H2,1-2H3,(H,25,26,28). The third-order valence-electron chi connectivity index (χ3n) is 5.23. The summed E-state index contributed by atoms with van der Waals surface area (Å²) in [7, 11) is 1.65. The molecule has 156 valence electrons. The number of H-pyrrole nitrogens is 1. The van der Waals surface area contributed by atoms with Crippen LogP contribution in [0, 0.1) is 0 Å². The molecule has 1 N–H and O–H groups in total. The third-order valence-corrected chi connectivity index (χ3v) is 5.49. The van der Waals surface area contributed by atoms with Gasteiger partial charge in [0, 0.05) is 41.3 Å². The topological polar surface area (TPSA) is 67.5 Å². The lowest BCUT2D eigenvalue weighted by atomic mass is 10.0. The van der Waals surface area contributed by atoms with Gasteiger partial charge in [-0.1, -0.05) is 23.7 Å². The molecule has 4 rings (SSSR count). The Bertz CT molecular complexity index is 1100. The summed E-state index contributed by atoms with van der Waals surface area (Å²) < 4.78 is 11.3. The Hall–Kier alpha value is -2.83. The molecule has 3 aromatic rings. The summed E-state index contributed by atoms with van der Waals surface area (Å²) in [4.78, 5) is 22.6. The summed E-state index contributed by atoms with van der Waals surface area (Å²) in [5, 5.41) is 0.647. The van der Waals surface area contributed by atoms with Crippen molar-refractivity contribution >= 4 is 11.6 Å². The van der Waals surface area contributed by atoms with E-state index < -0.39 is 0 Å². The second-order valence-corrected chi connectivity index (χ2v) is 7.63. The molecule has 0 saturated heterocycles. The fourth-order valence-corrected chi connectivity index (χ4v) is 3.89. The molecule has 30 heavy (non-hydrogen) atoms. The minimum atomic E-state index is -0.0685. The molecular formula is C23H24ClN3O3. The highest BCUT2D eigenvalue weighted by molar-refractivity contribution is 6.30. The second-order valence-electron chi connectivity index (χ2n) is 7.19. The SMILES string of the molecule is CCOc1c(CN2CCc3c(nc(-c4ccc(Cl)cc4)[nH]c3=O)C2)cccc1OC. The normalized spacial score (nSPS) is 13.7. The zero-order chi connectivity index (χ0) is 21.1. The van der Waals surface area contributed by atoms with E-state index in [1.54, 1.807) is 19.2 Å². The van der Waals surface area contributed by atoms with Gasteiger partial charge < -0.3 is 14.5 Å². The van der Waals surface area contributed by atoms with Crippen LogP contribution in [0.5, 0.6) is 11.5 Å². The number of aromatic amines is 1. The van der Waals surface area contributed by atoms with Crippen LogP contribution in [0.4, 0.5) is 0 Å². The molecule has 0 atom stereocenters. The summed E-state index contributed by atoms with van der Waals surface area (Å²) in [6.07, 6.45) is 0.659. The van der Waals surface area contributed by atoms with Gasteiger partial charge in [0.25, 0.3) is 5.56 Å². The number of ether oxygens (including phenoxy) is 2. The van der Waals surface area contributed by atoms with E-state index in [1.165, 1.54) is 0 Å². The lowest BCUT2D eigenvalue weighted by molar-refractivity contribution is 0.232. The van der Waals surface area contributed by atoms with E-state index >= 15 is 0 Å². The first-order valence-corrected chi connectivity index (χ1v) is 10.4. The minimum Gasteiger partial charge on any atom is -0.493 e. The fraction of sp³-hybridized carbons (Fsp3) is 0.304. The number of aromatic nitrogens is 2.